The van der Waals surface area contributed by atoms with Gasteiger partial charge in [0.05, 0.1) is 10.6 Å². The molecule has 140 valence electrons. The van der Waals surface area contributed by atoms with Crippen LogP contribution in [0.25, 0.3) is 0 Å². The molecule has 26 heavy (non-hydrogen) atoms. The Hall–Kier alpha value is -1.90. The van der Waals surface area contributed by atoms with Crippen LogP contribution >= 0.6 is 11.3 Å². The summed E-state index contributed by atoms with van der Waals surface area (Å²) in [6.07, 6.45) is 2.05. The summed E-state index contributed by atoms with van der Waals surface area (Å²) in [5.41, 5.74) is -0.360. The molecule has 3 rings (SSSR count). The molecule has 0 saturated carbocycles. The maximum atomic E-state index is 13.7. The Bertz CT molecular complexity index is 749. The van der Waals surface area contributed by atoms with Crippen molar-refractivity contribution in [2.24, 2.45) is 0 Å². The van der Waals surface area contributed by atoms with Crippen molar-refractivity contribution in [2.75, 3.05) is 25.0 Å². The van der Waals surface area contributed by atoms with Gasteiger partial charge in [0.2, 0.25) is 0 Å². The van der Waals surface area contributed by atoms with E-state index in [4.69, 9.17) is 4.74 Å². The van der Waals surface area contributed by atoms with Crippen molar-refractivity contribution < 1.29 is 27.6 Å². The fourth-order valence-electron chi connectivity index (χ4n) is 3.04. The van der Waals surface area contributed by atoms with Crippen LogP contribution in [0, 0.1) is 17.5 Å². The van der Waals surface area contributed by atoms with Crippen molar-refractivity contribution in [3.8, 4) is 0 Å². The van der Waals surface area contributed by atoms with Gasteiger partial charge < -0.3 is 15.0 Å². The number of carbonyl (C=O) groups is 1. The fraction of sp³-hybridized carbons (Fsp3) is 0.389. The largest absolute Gasteiger partial charge is 0.372 e. The number of thiophene rings is 1. The van der Waals surface area contributed by atoms with Crippen LogP contribution in [0.15, 0.2) is 29.6 Å². The van der Waals surface area contributed by atoms with E-state index >= 15 is 0 Å². The van der Waals surface area contributed by atoms with Gasteiger partial charge in [0.15, 0.2) is 24.0 Å². The Morgan fingerprint density at radius 3 is 2.81 bits per heavy atom. The van der Waals surface area contributed by atoms with E-state index < -0.39 is 23.4 Å². The number of amides is 1. The van der Waals surface area contributed by atoms with Gasteiger partial charge in [-0.2, -0.15) is 0 Å². The zero-order chi connectivity index (χ0) is 18.5. The molecule has 1 aromatic carbocycles. The highest BCUT2D eigenvalue weighted by atomic mass is 32.1. The Morgan fingerprint density at radius 1 is 1.27 bits per heavy atom. The molecule has 0 radical (unpaired) electrons. The quantitative estimate of drug-likeness (QED) is 0.719. The molecule has 2 N–H and O–H groups in total. The van der Waals surface area contributed by atoms with Crippen molar-refractivity contribution in [1.29, 1.82) is 0 Å². The summed E-state index contributed by atoms with van der Waals surface area (Å²) in [6.45, 7) is 2.11. The number of ether oxygens (including phenoxy) is 1. The molecule has 1 aromatic heterocycles. The van der Waals surface area contributed by atoms with Crippen molar-refractivity contribution in [2.45, 2.75) is 25.5 Å². The van der Waals surface area contributed by atoms with Crippen molar-refractivity contribution in [3.63, 3.8) is 0 Å². The lowest BCUT2D eigenvalue weighted by molar-refractivity contribution is -0.908. The molecule has 0 bridgehead atoms. The standard InChI is InChI=1S/C18H19F3N2O2S/c19-14-5-6-15(18(21)17(14)20)22-16(24)11-23(9-12-3-1-7-25-12)10-13-4-2-8-26-13/h2,4-6,8,12H,1,3,7,9-11H2,(H,22,24)/p+1/t12-/m1/s1. The molecule has 1 aliphatic heterocycles. The molecule has 1 unspecified atom stereocenters. The average Bonchev–Trinajstić information content (AvgIpc) is 3.29. The van der Waals surface area contributed by atoms with E-state index in [0.29, 0.717) is 13.1 Å². The van der Waals surface area contributed by atoms with E-state index in [-0.39, 0.29) is 18.3 Å². The zero-order valence-corrected chi connectivity index (χ0v) is 14.9. The molecule has 1 fully saturated rings. The van der Waals surface area contributed by atoms with Crippen LogP contribution in [0.5, 0.6) is 0 Å². The van der Waals surface area contributed by atoms with E-state index in [1.54, 1.807) is 11.3 Å². The third kappa shape index (κ3) is 4.84. The summed E-state index contributed by atoms with van der Waals surface area (Å²) in [4.78, 5) is 14.4. The van der Waals surface area contributed by atoms with Crippen LogP contribution < -0.4 is 10.2 Å². The summed E-state index contributed by atoms with van der Waals surface area (Å²) in [7, 11) is 0. The highest BCUT2D eigenvalue weighted by molar-refractivity contribution is 7.09. The topological polar surface area (TPSA) is 42.8 Å². The lowest BCUT2D eigenvalue weighted by atomic mass is 10.2. The summed E-state index contributed by atoms with van der Waals surface area (Å²) < 4.78 is 45.7. The van der Waals surface area contributed by atoms with Gasteiger partial charge >= 0.3 is 0 Å². The van der Waals surface area contributed by atoms with E-state index in [9.17, 15) is 18.0 Å². The van der Waals surface area contributed by atoms with Gasteiger partial charge in [-0.15, -0.1) is 11.3 Å². The van der Waals surface area contributed by atoms with E-state index in [1.807, 2.05) is 17.5 Å². The van der Waals surface area contributed by atoms with Gasteiger partial charge in [0, 0.05) is 6.61 Å². The number of benzene rings is 1. The molecule has 2 aromatic rings. The maximum Gasteiger partial charge on any atom is 0.279 e. The second-order valence-corrected chi connectivity index (χ2v) is 7.33. The normalized spacial score (nSPS) is 18.0. The smallest absolute Gasteiger partial charge is 0.279 e. The lowest BCUT2D eigenvalue weighted by Crippen LogP contribution is -3.12. The fourth-order valence-corrected chi connectivity index (χ4v) is 3.81. The maximum absolute atomic E-state index is 13.7. The number of hydrogen-bond donors (Lipinski definition) is 2. The number of nitrogens with one attached hydrogen (secondary N) is 2. The SMILES string of the molecule is O=C(C[NH+](Cc1cccs1)C[C@H]1CCCO1)Nc1ccc(F)c(F)c1F. The van der Waals surface area contributed by atoms with Gasteiger partial charge in [0.1, 0.15) is 19.2 Å². The van der Waals surface area contributed by atoms with Crippen LogP contribution in [-0.2, 0) is 16.1 Å². The van der Waals surface area contributed by atoms with Crippen LogP contribution in [0.4, 0.5) is 18.9 Å². The molecule has 8 heteroatoms. The Balaban J connectivity index is 1.65. The predicted molar refractivity (Wildman–Crippen MR) is 92.6 cm³/mol. The molecular weight excluding hydrogens is 365 g/mol. The molecule has 1 amide bonds. The van der Waals surface area contributed by atoms with Crippen LogP contribution in [-0.4, -0.2) is 31.7 Å². The average molecular weight is 385 g/mol. The monoisotopic (exact) mass is 385 g/mol. The lowest BCUT2D eigenvalue weighted by Gasteiger charge is -2.21. The Morgan fingerprint density at radius 2 is 2.12 bits per heavy atom. The minimum atomic E-state index is -1.59. The highest BCUT2D eigenvalue weighted by Crippen LogP contribution is 2.19. The van der Waals surface area contributed by atoms with Gasteiger partial charge in [-0.25, -0.2) is 13.2 Å². The van der Waals surface area contributed by atoms with Gasteiger partial charge in [-0.05, 0) is 36.4 Å². The molecule has 2 atom stereocenters. The second-order valence-electron chi connectivity index (χ2n) is 6.29. The first-order valence-corrected chi connectivity index (χ1v) is 9.32. The molecule has 1 saturated heterocycles. The van der Waals surface area contributed by atoms with Gasteiger partial charge in [-0.3, -0.25) is 4.79 Å². The minimum absolute atomic E-state index is 0.0796. The van der Waals surface area contributed by atoms with Gasteiger partial charge in [-0.1, -0.05) is 6.07 Å². The van der Waals surface area contributed by atoms with Crippen molar-refractivity contribution in [3.05, 3.63) is 52.0 Å². The minimum Gasteiger partial charge on any atom is -0.372 e. The molecule has 4 nitrogen and oxygen atoms in total. The third-order valence-electron chi connectivity index (χ3n) is 4.26. The molecule has 1 aliphatic rings. The molecule has 0 aliphatic carbocycles. The molecular formula is C18H20F3N2O2S+. The molecule has 0 spiro atoms. The summed E-state index contributed by atoms with van der Waals surface area (Å²) in [6, 6.07) is 5.74. The number of anilines is 1. The first kappa shape index (κ1) is 18.9. The van der Waals surface area contributed by atoms with Crippen LogP contribution in [0.2, 0.25) is 0 Å². The summed E-state index contributed by atoms with van der Waals surface area (Å²) in [5.74, 6) is -4.73. The van der Waals surface area contributed by atoms with E-state index in [2.05, 4.69) is 5.32 Å². The van der Waals surface area contributed by atoms with Gasteiger partial charge in [0.25, 0.3) is 5.91 Å². The zero-order valence-electron chi connectivity index (χ0n) is 14.1. The first-order chi connectivity index (χ1) is 12.5. The number of carbonyl (C=O) groups excluding carboxylic acids is 1. The van der Waals surface area contributed by atoms with Crippen molar-refractivity contribution >= 4 is 22.9 Å². The highest BCUT2D eigenvalue weighted by Gasteiger charge is 2.25. The second kappa shape index (κ2) is 8.66. The molecule has 2 heterocycles. The van der Waals surface area contributed by atoms with Crippen LogP contribution in [0.3, 0.4) is 0 Å². The summed E-state index contributed by atoms with van der Waals surface area (Å²) >= 11 is 1.60. The number of hydrogen-bond acceptors (Lipinski definition) is 3. The summed E-state index contributed by atoms with van der Waals surface area (Å²) in [5, 5.41) is 4.30. The van der Waals surface area contributed by atoms with Crippen LogP contribution in [0.1, 0.15) is 17.7 Å². The Labute approximate surface area is 153 Å². The number of rotatable bonds is 7. The number of halogens is 3. The predicted octanol–water partition coefficient (Wildman–Crippen LogP) is 2.37. The first-order valence-electron chi connectivity index (χ1n) is 8.44. The Kier molecular flexibility index (Phi) is 6.29. The van der Waals surface area contributed by atoms with E-state index in [0.717, 1.165) is 41.4 Å². The van der Waals surface area contributed by atoms with E-state index in [1.165, 1.54) is 0 Å². The number of quaternary nitrogens is 1. The van der Waals surface area contributed by atoms with Crippen molar-refractivity contribution in [1.82, 2.24) is 0 Å². The third-order valence-corrected chi connectivity index (χ3v) is 5.14.